The average Bonchev–Trinajstić information content (AvgIpc) is 2.41. The number of hydrogen-bond donors (Lipinski definition) is 1. The van der Waals surface area contributed by atoms with Crippen molar-refractivity contribution in [3.05, 3.63) is 29.8 Å². The van der Waals surface area contributed by atoms with Crippen LogP contribution in [-0.4, -0.2) is 17.7 Å². The van der Waals surface area contributed by atoms with Crippen LogP contribution in [0.5, 0.6) is 5.75 Å². The van der Waals surface area contributed by atoms with E-state index in [0.29, 0.717) is 5.75 Å². The normalized spacial score (nSPS) is 10.4. The van der Waals surface area contributed by atoms with Gasteiger partial charge in [-0.3, -0.25) is 0 Å². The molecule has 0 aliphatic heterocycles. The molecule has 0 atom stereocenters. The highest BCUT2D eigenvalue weighted by molar-refractivity contribution is 5.68. The van der Waals surface area contributed by atoms with Gasteiger partial charge in [0.25, 0.3) is 0 Å². The van der Waals surface area contributed by atoms with Crippen LogP contribution in [0.2, 0.25) is 0 Å². The molecule has 1 N–H and O–H groups in total. The fraction of sp³-hybridized carbons (Fsp3) is 0.562. The zero-order valence-electron chi connectivity index (χ0n) is 11.7. The van der Waals surface area contributed by atoms with E-state index in [9.17, 15) is 4.79 Å². The average molecular weight is 264 g/mol. The van der Waals surface area contributed by atoms with Crippen LogP contribution in [0.4, 0.5) is 0 Å². The third kappa shape index (κ3) is 7.50. The highest BCUT2D eigenvalue weighted by atomic mass is 16.5. The van der Waals surface area contributed by atoms with Crippen molar-refractivity contribution in [3.63, 3.8) is 0 Å². The molecule has 0 saturated heterocycles. The Bertz CT molecular complexity index is 374. The molecule has 0 saturated carbocycles. The van der Waals surface area contributed by atoms with Crippen molar-refractivity contribution in [3.8, 4) is 5.75 Å². The standard InChI is InChI=1S/C16H24O3/c1-2-3-4-5-6-7-9-14-10-8-11-15(12-14)19-13-16(17)18/h8,10-12H,2-7,9,13H2,1H3,(H,17,18). The minimum Gasteiger partial charge on any atom is -0.482 e. The van der Waals surface area contributed by atoms with Crippen LogP contribution in [0.15, 0.2) is 24.3 Å². The summed E-state index contributed by atoms with van der Waals surface area (Å²) in [6.07, 6.45) is 8.74. The largest absolute Gasteiger partial charge is 0.482 e. The van der Waals surface area contributed by atoms with Gasteiger partial charge in [0.2, 0.25) is 0 Å². The molecule has 0 radical (unpaired) electrons. The number of carbonyl (C=O) groups is 1. The SMILES string of the molecule is CCCCCCCCc1cccc(OCC(=O)O)c1. The smallest absolute Gasteiger partial charge is 0.341 e. The Morgan fingerprint density at radius 1 is 1.16 bits per heavy atom. The fourth-order valence-corrected chi connectivity index (χ4v) is 2.05. The molecule has 0 spiro atoms. The molecule has 0 aromatic heterocycles. The molecule has 0 fully saturated rings. The predicted molar refractivity (Wildman–Crippen MR) is 76.7 cm³/mol. The number of aryl methyl sites for hydroxylation is 1. The van der Waals surface area contributed by atoms with Gasteiger partial charge in [-0.25, -0.2) is 4.79 Å². The Hall–Kier alpha value is -1.51. The molecule has 0 bridgehead atoms. The lowest BCUT2D eigenvalue weighted by molar-refractivity contribution is -0.139. The van der Waals surface area contributed by atoms with E-state index in [0.717, 1.165) is 6.42 Å². The van der Waals surface area contributed by atoms with Crippen LogP contribution in [-0.2, 0) is 11.2 Å². The van der Waals surface area contributed by atoms with Crippen molar-refractivity contribution in [1.82, 2.24) is 0 Å². The molecule has 1 aromatic rings. The van der Waals surface area contributed by atoms with Crippen LogP contribution < -0.4 is 4.74 Å². The summed E-state index contributed by atoms with van der Waals surface area (Å²) in [6, 6.07) is 7.73. The fourth-order valence-electron chi connectivity index (χ4n) is 2.05. The van der Waals surface area contributed by atoms with Crippen molar-refractivity contribution in [2.75, 3.05) is 6.61 Å². The molecule has 19 heavy (non-hydrogen) atoms. The van der Waals surface area contributed by atoms with E-state index < -0.39 is 5.97 Å². The van der Waals surface area contributed by atoms with Gasteiger partial charge in [0.1, 0.15) is 5.75 Å². The van der Waals surface area contributed by atoms with Crippen LogP contribution >= 0.6 is 0 Å². The van der Waals surface area contributed by atoms with E-state index in [-0.39, 0.29) is 6.61 Å². The quantitative estimate of drug-likeness (QED) is 0.648. The first-order valence-electron chi connectivity index (χ1n) is 7.16. The van der Waals surface area contributed by atoms with E-state index in [2.05, 4.69) is 13.0 Å². The summed E-state index contributed by atoms with van der Waals surface area (Å²) < 4.78 is 5.17. The number of carboxylic acid groups (broad SMARTS) is 1. The van der Waals surface area contributed by atoms with Crippen molar-refractivity contribution >= 4 is 5.97 Å². The second kappa shape index (κ2) is 9.42. The van der Waals surface area contributed by atoms with E-state index in [4.69, 9.17) is 9.84 Å². The first-order valence-corrected chi connectivity index (χ1v) is 7.16. The van der Waals surface area contributed by atoms with E-state index in [1.165, 1.54) is 44.1 Å². The van der Waals surface area contributed by atoms with Gasteiger partial charge in [-0.1, -0.05) is 51.2 Å². The molecule has 1 aromatic carbocycles. The second-order valence-electron chi connectivity index (χ2n) is 4.85. The summed E-state index contributed by atoms with van der Waals surface area (Å²) in [6.45, 7) is 1.95. The number of ether oxygens (including phenoxy) is 1. The summed E-state index contributed by atoms with van der Waals surface area (Å²) in [4.78, 5) is 10.4. The molecule has 1 rings (SSSR count). The van der Waals surface area contributed by atoms with Crippen molar-refractivity contribution in [2.24, 2.45) is 0 Å². The Kier molecular flexibility index (Phi) is 7.71. The number of unbranched alkanes of at least 4 members (excludes halogenated alkanes) is 5. The zero-order valence-corrected chi connectivity index (χ0v) is 11.7. The van der Waals surface area contributed by atoms with Gasteiger partial charge in [-0.05, 0) is 30.5 Å². The third-order valence-electron chi connectivity index (χ3n) is 3.08. The maximum atomic E-state index is 10.4. The first kappa shape index (κ1) is 15.5. The molecular weight excluding hydrogens is 240 g/mol. The lowest BCUT2D eigenvalue weighted by atomic mass is 10.0. The Labute approximate surface area is 115 Å². The van der Waals surface area contributed by atoms with Crippen molar-refractivity contribution in [1.29, 1.82) is 0 Å². The summed E-state index contributed by atoms with van der Waals surface area (Å²) in [5, 5.41) is 8.56. The number of carboxylic acids is 1. The van der Waals surface area contributed by atoms with E-state index in [1.807, 2.05) is 12.1 Å². The van der Waals surface area contributed by atoms with E-state index >= 15 is 0 Å². The summed E-state index contributed by atoms with van der Waals surface area (Å²) in [5.74, 6) is -0.299. The molecular formula is C16H24O3. The van der Waals surface area contributed by atoms with Gasteiger partial charge < -0.3 is 9.84 Å². The van der Waals surface area contributed by atoms with Crippen LogP contribution in [0, 0.1) is 0 Å². The second-order valence-corrected chi connectivity index (χ2v) is 4.85. The van der Waals surface area contributed by atoms with Crippen molar-refractivity contribution < 1.29 is 14.6 Å². The summed E-state index contributed by atoms with van der Waals surface area (Å²) >= 11 is 0. The van der Waals surface area contributed by atoms with Crippen LogP contribution in [0.1, 0.15) is 51.0 Å². The number of benzene rings is 1. The topological polar surface area (TPSA) is 46.5 Å². The Balaban J connectivity index is 2.25. The molecule has 106 valence electrons. The van der Waals surface area contributed by atoms with Gasteiger partial charge in [0, 0.05) is 0 Å². The summed E-state index contributed by atoms with van der Waals surface area (Å²) in [5.41, 5.74) is 1.22. The minimum absolute atomic E-state index is 0.277. The number of hydrogen-bond acceptors (Lipinski definition) is 2. The zero-order chi connectivity index (χ0) is 13.9. The lowest BCUT2D eigenvalue weighted by Gasteiger charge is -2.06. The van der Waals surface area contributed by atoms with Crippen LogP contribution in [0.3, 0.4) is 0 Å². The molecule has 3 heteroatoms. The minimum atomic E-state index is -0.943. The van der Waals surface area contributed by atoms with Gasteiger partial charge in [-0.2, -0.15) is 0 Å². The van der Waals surface area contributed by atoms with Crippen molar-refractivity contribution in [2.45, 2.75) is 51.9 Å². The maximum absolute atomic E-state index is 10.4. The summed E-state index contributed by atoms with van der Waals surface area (Å²) in [7, 11) is 0. The number of rotatable bonds is 10. The predicted octanol–water partition coefficient (Wildman–Crippen LogP) is 4.05. The lowest BCUT2D eigenvalue weighted by Crippen LogP contribution is -2.09. The van der Waals surface area contributed by atoms with Crippen LogP contribution in [0.25, 0.3) is 0 Å². The highest BCUT2D eigenvalue weighted by Gasteiger charge is 2.00. The molecule has 0 aliphatic rings. The third-order valence-corrected chi connectivity index (χ3v) is 3.08. The first-order chi connectivity index (χ1) is 9.22. The van der Waals surface area contributed by atoms with Gasteiger partial charge >= 0.3 is 5.97 Å². The highest BCUT2D eigenvalue weighted by Crippen LogP contribution is 2.16. The Morgan fingerprint density at radius 2 is 1.89 bits per heavy atom. The van der Waals surface area contributed by atoms with Gasteiger partial charge in [0.05, 0.1) is 0 Å². The molecule has 0 aliphatic carbocycles. The molecule has 0 amide bonds. The Morgan fingerprint density at radius 3 is 2.63 bits per heavy atom. The maximum Gasteiger partial charge on any atom is 0.341 e. The molecule has 3 nitrogen and oxygen atoms in total. The number of aliphatic carboxylic acids is 1. The molecule has 0 unspecified atom stereocenters. The van der Waals surface area contributed by atoms with Gasteiger partial charge in [0.15, 0.2) is 6.61 Å². The monoisotopic (exact) mass is 264 g/mol. The van der Waals surface area contributed by atoms with Gasteiger partial charge in [-0.15, -0.1) is 0 Å². The van der Waals surface area contributed by atoms with E-state index in [1.54, 1.807) is 6.07 Å². The molecule has 0 heterocycles.